The minimum Gasteiger partial charge on any atom is -0.394 e. The van der Waals surface area contributed by atoms with Crippen molar-refractivity contribution in [2.75, 3.05) is 26.4 Å². The Labute approximate surface area is 79.5 Å². The zero-order valence-corrected chi connectivity index (χ0v) is 8.40. The monoisotopic (exact) mass is 192 g/mol. The fourth-order valence-electron chi connectivity index (χ4n) is 0.733. The van der Waals surface area contributed by atoms with Gasteiger partial charge in [0.15, 0.2) is 0 Å². The molecule has 0 aromatic carbocycles. The molecule has 4 nitrogen and oxygen atoms in total. The van der Waals surface area contributed by atoms with Crippen molar-refractivity contribution in [2.24, 2.45) is 0 Å². The maximum atomic E-state index is 8.63. The molecule has 0 aromatic heterocycles. The maximum Gasteiger partial charge on any atom is 0.0777 e. The van der Waals surface area contributed by atoms with Crippen LogP contribution in [0.25, 0.3) is 0 Å². The molecule has 0 aliphatic rings. The summed E-state index contributed by atoms with van der Waals surface area (Å²) < 4.78 is 10.4. The second-order valence-corrected chi connectivity index (χ2v) is 3.08. The highest BCUT2D eigenvalue weighted by Crippen LogP contribution is 1.94. The Kier molecular flexibility index (Phi) is 8.33. The van der Waals surface area contributed by atoms with E-state index >= 15 is 0 Å². The lowest BCUT2D eigenvalue weighted by Crippen LogP contribution is -2.17. The van der Waals surface area contributed by atoms with Gasteiger partial charge in [0.1, 0.15) is 0 Å². The molecule has 0 bridgehead atoms. The molecular formula is C9H20O4. The number of hydrogen-bond acceptors (Lipinski definition) is 4. The van der Waals surface area contributed by atoms with Crippen molar-refractivity contribution >= 4 is 0 Å². The number of hydrogen-bond donors (Lipinski definition) is 2. The Balaban J connectivity index is 3.08. The van der Waals surface area contributed by atoms with Crippen LogP contribution in [-0.2, 0) is 9.47 Å². The summed E-state index contributed by atoms with van der Waals surface area (Å²) in [7, 11) is 0. The van der Waals surface area contributed by atoms with Gasteiger partial charge in [0, 0.05) is 13.2 Å². The van der Waals surface area contributed by atoms with Crippen LogP contribution in [0.5, 0.6) is 0 Å². The van der Waals surface area contributed by atoms with E-state index in [0.717, 1.165) is 6.42 Å². The molecule has 0 heterocycles. The number of ether oxygens (including phenoxy) is 2. The van der Waals surface area contributed by atoms with Crippen LogP contribution >= 0.6 is 0 Å². The van der Waals surface area contributed by atoms with Crippen LogP contribution in [0.2, 0.25) is 0 Å². The van der Waals surface area contributed by atoms with Crippen molar-refractivity contribution in [1.29, 1.82) is 0 Å². The summed E-state index contributed by atoms with van der Waals surface area (Å²) in [6, 6.07) is 0. The summed E-state index contributed by atoms with van der Waals surface area (Å²) in [5.41, 5.74) is 0. The molecule has 0 saturated heterocycles. The molecule has 2 N–H and O–H groups in total. The van der Waals surface area contributed by atoms with E-state index in [1.165, 1.54) is 0 Å². The van der Waals surface area contributed by atoms with Crippen LogP contribution in [-0.4, -0.2) is 48.8 Å². The third kappa shape index (κ3) is 8.18. The number of aliphatic hydroxyl groups is 2. The predicted molar refractivity (Wildman–Crippen MR) is 49.6 cm³/mol. The molecule has 13 heavy (non-hydrogen) atoms. The van der Waals surface area contributed by atoms with Gasteiger partial charge < -0.3 is 19.7 Å². The molecule has 2 atom stereocenters. The third-order valence-corrected chi connectivity index (χ3v) is 1.61. The lowest BCUT2D eigenvalue weighted by Gasteiger charge is -2.11. The van der Waals surface area contributed by atoms with Crippen molar-refractivity contribution in [3.05, 3.63) is 0 Å². The standard InChI is InChI=1S/C9H20O4/c1-8(6-10)12-4-3-5-13-9(2)7-11/h8-11H,3-7H2,1-2H3. The van der Waals surface area contributed by atoms with Gasteiger partial charge in [-0.25, -0.2) is 0 Å². The Hall–Kier alpha value is -0.160. The van der Waals surface area contributed by atoms with Crippen molar-refractivity contribution in [3.63, 3.8) is 0 Å². The van der Waals surface area contributed by atoms with Crippen LogP contribution in [0, 0.1) is 0 Å². The zero-order chi connectivity index (χ0) is 10.1. The molecule has 80 valence electrons. The van der Waals surface area contributed by atoms with E-state index in [1.807, 2.05) is 13.8 Å². The first kappa shape index (κ1) is 12.8. The van der Waals surface area contributed by atoms with Crippen molar-refractivity contribution < 1.29 is 19.7 Å². The lowest BCUT2D eigenvalue weighted by molar-refractivity contribution is -0.00935. The summed E-state index contributed by atoms with van der Waals surface area (Å²) in [5, 5.41) is 17.3. The molecule has 0 rings (SSSR count). The Morgan fingerprint density at radius 1 is 0.923 bits per heavy atom. The molecule has 0 aliphatic heterocycles. The minimum atomic E-state index is -0.102. The number of rotatable bonds is 8. The van der Waals surface area contributed by atoms with Crippen LogP contribution in [0.4, 0.5) is 0 Å². The van der Waals surface area contributed by atoms with E-state index < -0.39 is 0 Å². The molecule has 0 fully saturated rings. The fourth-order valence-corrected chi connectivity index (χ4v) is 0.733. The van der Waals surface area contributed by atoms with Gasteiger partial charge in [-0.05, 0) is 20.3 Å². The third-order valence-electron chi connectivity index (χ3n) is 1.61. The number of aliphatic hydroxyl groups excluding tert-OH is 2. The topological polar surface area (TPSA) is 58.9 Å². The quantitative estimate of drug-likeness (QED) is 0.538. The first-order valence-corrected chi connectivity index (χ1v) is 4.65. The molecule has 2 unspecified atom stereocenters. The van der Waals surface area contributed by atoms with Gasteiger partial charge in [-0.2, -0.15) is 0 Å². The zero-order valence-electron chi connectivity index (χ0n) is 8.40. The van der Waals surface area contributed by atoms with Gasteiger partial charge in [0.2, 0.25) is 0 Å². The van der Waals surface area contributed by atoms with Crippen molar-refractivity contribution in [1.82, 2.24) is 0 Å². The molecular weight excluding hydrogens is 172 g/mol. The van der Waals surface area contributed by atoms with Gasteiger partial charge in [-0.15, -0.1) is 0 Å². The first-order valence-electron chi connectivity index (χ1n) is 4.65. The Morgan fingerprint density at radius 3 is 1.62 bits per heavy atom. The molecule has 0 spiro atoms. The Morgan fingerprint density at radius 2 is 1.31 bits per heavy atom. The highest BCUT2D eigenvalue weighted by molar-refractivity contribution is 4.47. The van der Waals surface area contributed by atoms with Crippen molar-refractivity contribution in [2.45, 2.75) is 32.5 Å². The summed E-state index contributed by atoms with van der Waals surface area (Å²) in [6.45, 7) is 4.90. The summed E-state index contributed by atoms with van der Waals surface area (Å²) >= 11 is 0. The van der Waals surface area contributed by atoms with E-state index in [0.29, 0.717) is 13.2 Å². The molecule has 0 amide bonds. The van der Waals surface area contributed by atoms with Gasteiger partial charge in [0.25, 0.3) is 0 Å². The van der Waals surface area contributed by atoms with Gasteiger partial charge in [-0.1, -0.05) is 0 Å². The van der Waals surface area contributed by atoms with Crippen LogP contribution < -0.4 is 0 Å². The summed E-state index contributed by atoms with van der Waals surface area (Å²) in [4.78, 5) is 0. The van der Waals surface area contributed by atoms with Crippen molar-refractivity contribution in [3.8, 4) is 0 Å². The average Bonchev–Trinajstić information content (AvgIpc) is 2.16. The largest absolute Gasteiger partial charge is 0.394 e. The summed E-state index contributed by atoms with van der Waals surface area (Å²) in [5.74, 6) is 0. The van der Waals surface area contributed by atoms with Gasteiger partial charge in [-0.3, -0.25) is 0 Å². The molecule has 0 radical (unpaired) electrons. The second-order valence-electron chi connectivity index (χ2n) is 3.08. The smallest absolute Gasteiger partial charge is 0.0777 e. The molecule has 0 aliphatic carbocycles. The fraction of sp³-hybridized carbons (Fsp3) is 1.00. The SMILES string of the molecule is CC(CO)OCCCOC(C)CO. The van der Waals surface area contributed by atoms with Crippen LogP contribution in [0.3, 0.4) is 0 Å². The normalized spacial score (nSPS) is 15.7. The Bertz CT molecular complexity index is 95.8. The van der Waals surface area contributed by atoms with E-state index in [1.54, 1.807) is 0 Å². The van der Waals surface area contributed by atoms with E-state index in [-0.39, 0.29) is 25.4 Å². The molecule has 0 saturated carbocycles. The molecule has 0 aromatic rings. The van der Waals surface area contributed by atoms with E-state index in [4.69, 9.17) is 19.7 Å². The van der Waals surface area contributed by atoms with E-state index in [9.17, 15) is 0 Å². The first-order chi connectivity index (χ1) is 6.20. The predicted octanol–water partition coefficient (Wildman–Crippen LogP) is 0.171. The highest BCUT2D eigenvalue weighted by Gasteiger charge is 2.00. The summed E-state index contributed by atoms with van der Waals surface area (Å²) in [6.07, 6.45) is 0.583. The molecule has 4 heteroatoms. The lowest BCUT2D eigenvalue weighted by atomic mass is 10.4. The average molecular weight is 192 g/mol. The highest BCUT2D eigenvalue weighted by atomic mass is 16.5. The maximum absolute atomic E-state index is 8.63. The van der Waals surface area contributed by atoms with E-state index in [2.05, 4.69) is 0 Å². The minimum absolute atomic E-state index is 0.0495. The van der Waals surface area contributed by atoms with Gasteiger partial charge >= 0.3 is 0 Å². The van der Waals surface area contributed by atoms with Gasteiger partial charge in [0.05, 0.1) is 25.4 Å². The van der Waals surface area contributed by atoms with Crippen LogP contribution in [0.15, 0.2) is 0 Å². The second kappa shape index (κ2) is 8.44. The van der Waals surface area contributed by atoms with Crippen LogP contribution in [0.1, 0.15) is 20.3 Å².